The van der Waals surface area contributed by atoms with Crippen molar-refractivity contribution < 1.29 is 4.79 Å². The summed E-state index contributed by atoms with van der Waals surface area (Å²) in [5.74, 6) is 1.85. The summed E-state index contributed by atoms with van der Waals surface area (Å²) in [4.78, 5) is 11.9. The van der Waals surface area contributed by atoms with Crippen LogP contribution in [0.4, 0.5) is 0 Å². The summed E-state index contributed by atoms with van der Waals surface area (Å²) in [5.41, 5.74) is 5.99. The quantitative estimate of drug-likeness (QED) is 0.836. The van der Waals surface area contributed by atoms with Gasteiger partial charge in [0.15, 0.2) is 0 Å². The van der Waals surface area contributed by atoms with E-state index in [1.165, 1.54) is 25.0 Å². The second-order valence-electron chi connectivity index (χ2n) is 5.74. The van der Waals surface area contributed by atoms with Crippen molar-refractivity contribution in [3.63, 3.8) is 0 Å². The Morgan fingerprint density at radius 2 is 2.22 bits per heavy atom. The summed E-state index contributed by atoms with van der Waals surface area (Å²) in [5, 5.41) is 3.10. The fourth-order valence-corrected chi connectivity index (χ4v) is 4.14. The Kier molecular flexibility index (Phi) is 6.28. The fraction of sp³-hybridized carbons (Fsp3) is 0.923. The number of nitrogens with two attached hydrogens (primary N) is 1. The maximum absolute atomic E-state index is 11.9. The summed E-state index contributed by atoms with van der Waals surface area (Å²) in [6, 6.07) is 0.247. The van der Waals surface area contributed by atoms with Gasteiger partial charge in [-0.3, -0.25) is 4.79 Å². The molecule has 0 spiro atoms. The highest BCUT2D eigenvalue weighted by atomic mass is 35.5. The van der Waals surface area contributed by atoms with Gasteiger partial charge in [-0.2, -0.15) is 11.8 Å². The van der Waals surface area contributed by atoms with Gasteiger partial charge < -0.3 is 11.1 Å². The molecule has 2 fully saturated rings. The maximum Gasteiger partial charge on any atom is 0.220 e. The van der Waals surface area contributed by atoms with Crippen molar-refractivity contribution in [1.82, 2.24) is 5.32 Å². The summed E-state index contributed by atoms with van der Waals surface area (Å²) in [7, 11) is 0. The molecule has 3 atom stereocenters. The topological polar surface area (TPSA) is 55.1 Å². The van der Waals surface area contributed by atoms with Gasteiger partial charge in [0.25, 0.3) is 0 Å². The van der Waals surface area contributed by atoms with Crippen LogP contribution in [-0.2, 0) is 4.79 Å². The third kappa shape index (κ3) is 4.32. The van der Waals surface area contributed by atoms with Crippen molar-refractivity contribution in [2.45, 2.75) is 56.2 Å². The monoisotopic (exact) mass is 292 g/mol. The molecule has 0 radical (unpaired) electrons. The lowest BCUT2D eigenvalue weighted by Gasteiger charge is -2.23. The number of hydrogen-bond donors (Lipinski definition) is 2. The molecule has 0 aromatic heterocycles. The van der Waals surface area contributed by atoms with Crippen molar-refractivity contribution in [2.75, 3.05) is 12.3 Å². The lowest BCUT2D eigenvalue weighted by atomic mass is 9.99. The molecule has 5 heteroatoms. The van der Waals surface area contributed by atoms with Gasteiger partial charge in [0.05, 0.1) is 0 Å². The Morgan fingerprint density at radius 3 is 2.78 bits per heavy atom. The highest BCUT2D eigenvalue weighted by Crippen LogP contribution is 2.37. The normalized spacial score (nSPS) is 35.2. The average molecular weight is 293 g/mol. The molecule has 0 aromatic carbocycles. The Bertz CT molecular complexity index is 282. The van der Waals surface area contributed by atoms with Gasteiger partial charge in [-0.1, -0.05) is 6.42 Å². The van der Waals surface area contributed by atoms with Crippen LogP contribution in [0.15, 0.2) is 0 Å². The van der Waals surface area contributed by atoms with E-state index in [4.69, 9.17) is 5.73 Å². The van der Waals surface area contributed by atoms with E-state index in [1.54, 1.807) is 0 Å². The largest absolute Gasteiger partial charge is 0.355 e. The lowest BCUT2D eigenvalue weighted by molar-refractivity contribution is -0.122. The molecule has 2 aliphatic rings. The van der Waals surface area contributed by atoms with E-state index < -0.39 is 0 Å². The number of hydrogen-bond acceptors (Lipinski definition) is 3. The van der Waals surface area contributed by atoms with E-state index >= 15 is 0 Å². The van der Waals surface area contributed by atoms with Crippen LogP contribution in [0, 0.1) is 5.92 Å². The molecule has 18 heavy (non-hydrogen) atoms. The molecule has 106 valence electrons. The van der Waals surface area contributed by atoms with Gasteiger partial charge in [-0.15, -0.1) is 12.4 Å². The van der Waals surface area contributed by atoms with Crippen LogP contribution in [-0.4, -0.2) is 29.0 Å². The average Bonchev–Trinajstić information content (AvgIpc) is 2.87. The predicted molar refractivity (Wildman–Crippen MR) is 80.3 cm³/mol. The molecule has 1 saturated carbocycles. The van der Waals surface area contributed by atoms with Gasteiger partial charge in [0.2, 0.25) is 5.91 Å². The molecule has 1 heterocycles. The van der Waals surface area contributed by atoms with E-state index in [-0.39, 0.29) is 29.1 Å². The smallest absolute Gasteiger partial charge is 0.220 e. The van der Waals surface area contributed by atoms with Crippen LogP contribution < -0.4 is 11.1 Å². The standard InChI is InChI=1S/C13H24N2OS.ClH/c1-13(6-3-7-17-13)9-15-12(16)8-10-4-2-5-11(10)14;/h10-11H,2-9,14H2,1H3,(H,15,16);1H/t10-,11+,13?;/m0./s1. The third-order valence-corrected chi connectivity index (χ3v) is 5.66. The van der Waals surface area contributed by atoms with Crippen LogP contribution in [0.1, 0.15) is 45.4 Å². The zero-order valence-electron chi connectivity index (χ0n) is 11.1. The molecule has 1 unspecified atom stereocenters. The second-order valence-corrected chi connectivity index (χ2v) is 7.42. The second kappa shape index (κ2) is 7.01. The third-order valence-electron chi connectivity index (χ3n) is 4.13. The molecular formula is C13H25ClN2OS. The first kappa shape index (κ1) is 16.1. The number of carbonyl (C=O) groups excluding carboxylic acids is 1. The fourth-order valence-electron chi connectivity index (χ4n) is 2.89. The lowest BCUT2D eigenvalue weighted by Crippen LogP contribution is -2.38. The minimum Gasteiger partial charge on any atom is -0.355 e. The predicted octanol–water partition coefficient (Wildman–Crippen LogP) is 2.33. The Morgan fingerprint density at radius 1 is 1.44 bits per heavy atom. The van der Waals surface area contributed by atoms with Crippen molar-refractivity contribution in [1.29, 1.82) is 0 Å². The van der Waals surface area contributed by atoms with E-state index in [0.29, 0.717) is 12.3 Å². The van der Waals surface area contributed by atoms with Gasteiger partial charge >= 0.3 is 0 Å². The number of rotatable bonds is 4. The van der Waals surface area contributed by atoms with Crippen molar-refractivity contribution in [2.24, 2.45) is 11.7 Å². The number of thioether (sulfide) groups is 1. The molecular weight excluding hydrogens is 268 g/mol. The zero-order valence-corrected chi connectivity index (χ0v) is 12.7. The van der Waals surface area contributed by atoms with E-state index in [9.17, 15) is 4.79 Å². The van der Waals surface area contributed by atoms with Crippen LogP contribution in [0.5, 0.6) is 0 Å². The summed E-state index contributed by atoms with van der Waals surface area (Å²) < 4.78 is 0.271. The maximum atomic E-state index is 11.9. The number of carbonyl (C=O) groups is 1. The summed E-state index contributed by atoms with van der Waals surface area (Å²) in [6.45, 7) is 3.07. The minimum atomic E-state index is 0. The Labute approximate surface area is 120 Å². The van der Waals surface area contributed by atoms with Gasteiger partial charge in [-0.25, -0.2) is 0 Å². The molecule has 1 aliphatic heterocycles. The molecule has 1 aliphatic carbocycles. The van der Waals surface area contributed by atoms with E-state index in [2.05, 4.69) is 12.2 Å². The Hall–Kier alpha value is 0.0700. The molecule has 3 N–H and O–H groups in total. The van der Waals surface area contributed by atoms with Gasteiger partial charge in [-0.05, 0) is 44.3 Å². The van der Waals surface area contributed by atoms with Crippen molar-refractivity contribution >= 4 is 30.1 Å². The summed E-state index contributed by atoms with van der Waals surface area (Å²) in [6.07, 6.45) is 6.53. The Balaban J connectivity index is 0.00000162. The van der Waals surface area contributed by atoms with Crippen molar-refractivity contribution in [3.05, 3.63) is 0 Å². The summed E-state index contributed by atoms with van der Waals surface area (Å²) >= 11 is 1.99. The zero-order chi connectivity index (χ0) is 12.3. The highest BCUT2D eigenvalue weighted by molar-refractivity contribution is 8.00. The van der Waals surface area contributed by atoms with E-state index in [1.807, 2.05) is 11.8 Å². The van der Waals surface area contributed by atoms with Crippen LogP contribution in [0.3, 0.4) is 0 Å². The first-order valence-electron chi connectivity index (χ1n) is 6.75. The molecule has 1 amide bonds. The highest BCUT2D eigenvalue weighted by Gasteiger charge is 2.31. The van der Waals surface area contributed by atoms with E-state index in [0.717, 1.165) is 19.4 Å². The molecule has 0 aromatic rings. The van der Waals surface area contributed by atoms with Gasteiger partial charge in [0, 0.05) is 23.8 Å². The van der Waals surface area contributed by atoms with Crippen LogP contribution in [0.25, 0.3) is 0 Å². The number of nitrogens with one attached hydrogen (secondary N) is 1. The first-order valence-corrected chi connectivity index (χ1v) is 7.74. The first-order chi connectivity index (χ1) is 8.09. The molecule has 1 saturated heterocycles. The molecule has 2 rings (SSSR count). The van der Waals surface area contributed by atoms with Crippen LogP contribution >= 0.6 is 24.2 Å². The molecule has 3 nitrogen and oxygen atoms in total. The molecule has 0 bridgehead atoms. The van der Waals surface area contributed by atoms with Crippen molar-refractivity contribution in [3.8, 4) is 0 Å². The number of halogens is 1. The SMILES string of the molecule is CC1(CNC(=O)C[C@@H]2CCC[C@H]2N)CCCS1.Cl. The van der Waals surface area contributed by atoms with Crippen LogP contribution in [0.2, 0.25) is 0 Å². The number of amides is 1. The van der Waals surface area contributed by atoms with Gasteiger partial charge in [0.1, 0.15) is 0 Å². The minimum absolute atomic E-state index is 0.